The Hall–Kier alpha value is -2.00. The van der Waals surface area contributed by atoms with E-state index in [1.54, 1.807) is 12.1 Å². The van der Waals surface area contributed by atoms with Crippen molar-refractivity contribution in [3.63, 3.8) is 0 Å². The second kappa shape index (κ2) is 4.59. The van der Waals surface area contributed by atoms with Crippen molar-refractivity contribution in [1.82, 2.24) is 4.57 Å². The van der Waals surface area contributed by atoms with Crippen LogP contribution in [0.4, 0.5) is 10.1 Å². The van der Waals surface area contributed by atoms with E-state index in [0.29, 0.717) is 22.8 Å². The third-order valence-electron chi connectivity index (χ3n) is 3.19. The summed E-state index contributed by atoms with van der Waals surface area (Å²) in [6.45, 7) is 0.402. The van der Waals surface area contributed by atoms with E-state index < -0.39 is 0 Å². The maximum absolute atomic E-state index is 13.8. The smallest absolute Gasteiger partial charge is 0.129 e. The first-order valence-corrected chi connectivity index (χ1v) is 6.30. The topological polar surface area (TPSA) is 30.9 Å². The average molecular weight is 275 g/mol. The van der Waals surface area contributed by atoms with Gasteiger partial charge in [-0.2, -0.15) is 0 Å². The molecule has 0 atom stereocenters. The lowest BCUT2D eigenvalue weighted by Crippen LogP contribution is -2.01. The first-order valence-electron chi connectivity index (χ1n) is 5.92. The molecule has 3 rings (SSSR count). The quantitative estimate of drug-likeness (QED) is 0.702. The molecule has 4 heteroatoms. The van der Waals surface area contributed by atoms with Crippen LogP contribution < -0.4 is 5.73 Å². The highest BCUT2D eigenvalue weighted by molar-refractivity contribution is 6.31. The van der Waals surface area contributed by atoms with Crippen molar-refractivity contribution in [2.75, 3.05) is 5.73 Å². The molecule has 0 saturated heterocycles. The predicted octanol–water partition coefficient (Wildman–Crippen LogP) is 4.06. The van der Waals surface area contributed by atoms with E-state index in [0.717, 1.165) is 10.9 Å². The van der Waals surface area contributed by atoms with Crippen molar-refractivity contribution in [1.29, 1.82) is 0 Å². The maximum Gasteiger partial charge on any atom is 0.129 e. The van der Waals surface area contributed by atoms with Crippen molar-refractivity contribution >= 4 is 28.2 Å². The molecule has 2 nitrogen and oxygen atoms in total. The molecule has 0 aliphatic carbocycles. The number of fused-ring (bicyclic) bond motifs is 1. The molecule has 1 aromatic heterocycles. The largest absolute Gasteiger partial charge is 0.399 e. The van der Waals surface area contributed by atoms with Crippen molar-refractivity contribution < 1.29 is 4.39 Å². The van der Waals surface area contributed by atoms with Crippen LogP contribution in [0.5, 0.6) is 0 Å². The van der Waals surface area contributed by atoms with Crippen molar-refractivity contribution in [3.8, 4) is 0 Å². The highest BCUT2D eigenvalue weighted by atomic mass is 35.5. The minimum atomic E-state index is -0.287. The van der Waals surface area contributed by atoms with Gasteiger partial charge in [-0.15, -0.1) is 0 Å². The summed E-state index contributed by atoms with van der Waals surface area (Å²) < 4.78 is 15.7. The van der Waals surface area contributed by atoms with Gasteiger partial charge in [0.2, 0.25) is 0 Å². The summed E-state index contributed by atoms with van der Waals surface area (Å²) in [5, 5.41) is 1.48. The van der Waals surface area contributed by atoms with E-state index in [2.05, 4.69) is 0 Å². The third kappa shape index (κ3) is 2.17. The Bertz CT molecular complexity index is 729. The third-order valence-corrected chi connectivity index (χ3v) is 3.54. The highest BCUT2D eigenvalue weighted by Crippen LogP contribution is 2.24. The summed E-state index contributed by atoms with van der Waals surface area (Å²) >= 11 is 6.05. The van der Waals surface area contributed by atoms with Crippen LogP contribution in [0.2, 0.25) is 5.02 Å². The normalized spacial score (nSPS) is 11.1. The van der Waals surface area contributed by atoms with Gasteiger partial charge in [0.1, 0.15) is 5.82 Å². The van der Waals surface area contributed by atoms with Gasteiger partial charge >= 0.3 is 0 Å². The number of anilines is 1. The molecule has 2 aromatic carbocycles. The molecule has 0 radical (unpaired) electrons. The van der Waals surface area contributed by atoms with Gasteiger partial charge in [-0.1, -0.05) is 17.7 Å². The number of nitrogens with two attached hydrogens (primary N) is 1. The zero-order valence-corrected chi connectivity index (χ0v) is 10.9. The maximum atomic E-state index is 13.8. The SMILES string of the molecule is Nc1ccc2c(ccn2Cc2c(F)cccc2Cl)c1. The van der Waals surface area contributed by atoms with Gasteiger partial charge in [0.25, 0.3) is 0 Å². The van der Waals surface area contributed by atoms with E-state index >= 15 is 0 Å². The zero-order chi connectivity index (χ0) is 13.4. The number of nitrogens with zero attached hydrogens (tertiary/aromatic N) is 1. The summed E-state index contributed by atoms with van der Waals surface area (Å²) in [5.41, 5.74) is 7.97. The molecular weight excluding hydrogens is 263 g/mol. The highest BCUT2D eigenvalue weighted by Gasteiger charge is 2.09. The van der Waals surface area contributed by atoms with Crippen LogP contribution in [-0.4, -0.2) is 4.57 Å². The van der Waals surface area contributed by atoms with Crippen molar-refractivity contribution in [3.05, 3.63) is 65.1 Å². The lowest BCUT2D eigenvalue weighted by molar-refractivity contribution is 0.602. The van der Waals surface area contributed by atoms with Gasteiger partial charge in [-0.25, -0.2) is 4.39 Å². The van der Waals surface area contributed by atoms with Crippen LogP contribution in [0.1, 0.15) is 5.56 Å². The molecule has 96 valence electrons. The average Bonchev–Trinajstić information content (AvgIpc) is 2.76. The van der Waals surface area contributed by atoms with Gasteiger partial charge in [-0.05, 0) is 36.4 Å². The van der Waals surface area contributed by atoms with Gasteiger partial charge in [-0.3, -0.25) is 0 Å². The second-order valence-corrected chi connectivity index (χ2v) is 4.87. The van der Waals surface area contributed by atoms with Crippen LogP contribution in [0, 0.1) is 5.82 Å². The summed E-state index contributed by atoms with van der Waals surface area (Å²) in [7, 11) is 0. The number of nitrogen functional groups attached to an aromatic ring is 1. The summed E-state index contributed by atoms with van der Waals surface area (Å²) in [6.07, 6.45) is 1.91. The fourth-order valence-electron chi connectivity index (χ4n) is 2.21. The Morgan fingerprint density at radius 3 is 2.79 bits per heavy atom. The molecular formula is C15H12ClFN2. The summed E-state index contributed by atoms with van der Waals surface area (Å²) in [6, 6.07) is 12.3. The molecule has 0 spiro atoms. The monoisotopic (exact) mass is 274 g/mol. The number of rotatable bonds is 2. The van der Waals surface area contributed by atoms with Crippen LogP contribution in [0.25, 0.3) is 10.9 Å². The fraction of sp³-hybridized carbons (Fsp3) is 0.0667. The Kier molecular flexibility index (Phi) is 2.91. The van der Waals surface area contributed by atoms with E-state index in [4.69, 9.17) is 17.3 Å². The van der Waals surface area contributed by atoms with Gasteiger partial charge in [0.15, 0.2) is 0 Å². The Morgan fingerprint density at radius 1 is 1.16 bits per heavy atom. The van der Waals surface area contributed by atoms with Crippen LogP contribution in [0.3, 0.4) is 0 Å². The summed E-state index contributed by atoms with van der Waals surface area (Å²) in [5.74, 6) is -0.287. The molecule has 0 amide bonds. The number of benzene rings is 2. The molecule has 2 N–H and O–H groups in total. The number of aromatic nitrogens is 1. The van der Waals surface area contributed by atoms with E-state index in [1.807, 2.05) is 35.0 Å². The number of hydrogen-bond acceptors (Lipinski definition) is 1. The molecule has 0 fully saturated rings. The molecule has 0 aliphatic rings. The van der Waals surface area contributed by atoms with E-state index in [1.165, 1.54) is 6.07 Å². The molecule has 0 unspecified atom stereocenters. The number of halogens is 2. The van der Waals surface area contributed by atoms with Crippen LogP contribution in [-0.2, 0) is 6.54 Å². The molecule has 0 bridgehead atoms. The van der Waals surface area contributed by atoms with Crippen LogP contribution in [0.15, 0.2) is 48.7 Å². The lowest BCUT2D eigenvalue weighted by atomic mass is 10.2. The minimum absolute atomic E-state index is 0.287. The molecule has 3 aromatic rings. The first-order chi connectivity index (χ1) is 9.15. The van der Waals surface area contributed by atoms with Gasteiger partial charge in [0, 0.05) is 33.4 Å². The molecule has 0 saturated carbocycles. The Balaban J connectivity index is 2.06. The van der Waals surface area contributed by atoms with E-state index in [-0.39, 0.29) is 5.82 Å². The molecule has 1 heterocycles. The summed E-state index contributed by atoms with van der Waals surface area (Å²) in [4.78, 5) is 0. The molecule has 19 heavy (non-hydrogen) atoms. The number of hydrogen-bond donors (Lipinski definition) is 1. The second-order valence-electron chi connectivity index (χ2n) is 4.46. The zero-order valence-electron chi connectivity index (χ0n) is 10.1. The molecule has 0 aliphatic heterocycles. The Labute approximate surface area is 115 Å². The van der Waals surface area contributed by atoms with Crippen molar-refractivity contribution in [2.24, 2.45) is 0 Å². The van der Waals surface area contributed by atoms with Crippen LogP contribution >= 0.6 is 11.6 Å². The standard InChI is InChI=1S/C15H12ClFN2/c16-13-2-1-3-14(17)12(13)9-19-7-6-10-8-11(18)4-5-15(10)19/h1-8H,9,18H2. The van der Waals surface area contributed by atoms with Gasteiger partial charge < -0.3 is 10.3 Å². The predicted molar refractivity (Wildman–Crippen MR) is 76.9 cm³/mol. The van der Waals surface area contributed by atoms with Crippen molar-refractivity contribution in [2.45, 2.75) is 6.54 Å². The first kappa shape index (κ1) is 12.1. The fourth-order valence-corrected chi connectivity index (χ4v) is 2.43. The Morgan fingerprint density at radius 2 is 2.00 bits per heavy atom. The minimum Gasteiger partial charge on any atom is -0.399 e. The van der Waals surface area contributed by atoms with Gasteiger partial charge in [0.05, 0.1) is 6.54 Å². The lowest BCUT2D eigenvalue weighted by Gasteiger charge is -2.09. The van der Waals surface area contributed by atoms with E-state index in [9.17, 15) is 4.39 Å².